The molecule has 1 aromatic rings. The maximum atomic E-state index is 13.5. The number of hydrogen-bond acceptors (Lipinski definition) is 2. The van der Waals surface area contributed by atoms with Crippen molar-refractivity contribution in [2.24, 2.45) is 5.92 Å². The smallest absolute Gasteiger partial charge is 0.321 e. The van der Waals surface area contributed by atoms with Gasteiger partial charge in [0.25, 0.3) is 0 Å². The van der Waals surface area contributed by atoms with Crippen molar-refractivity contribution in [3.63, 3.8) is 0 Å². The van der Waals surface area contributed by atoms with E-state index < -0.39 is 23.7 Å². The number of nitrogens with one attached hydrogen (secondary N) is 1. The topological polar surface area (TPSA) is 69.6 Å². The Balaban J connectivity index is 2.07. The summed E-state index contributed by atoms with van der Waals surface area (Å²) in [5.41, 5.74) is 1.11. The highest BCUT2D eigenvalue weighted by atomic mass is 79.9. The van der Waals surface area contributed by atoms with Gasteiger partial charge in [-0.05, 0) is 53.4 Å². The van der Waals surface area contributed by atoms with Crippen molar-refractivity contribution in [3.8, 4) is 0 Å². The Morgan fingerprint density at radius 2 is 2.19 bits per heavy atom. The number of benzene rings is 1. The number of aryl methyl sites for hydroxylation is 1. The molecule has 1 aliphatic heterocycles. The van der Waals surface area contributed by atoms with Gasteiger partial charge in [0.05, 0.1) is 10.4 Å². The van der Waals surface area contributed by atoms with E-state index in [2.05, 4.69) is 21.2 Å². The lowest BCUT2D eigenvalue weighted by atomic mass is 9.99. The summed E-state index contributed by atoms with van der Waals surface area (Å²) in [4.78, 5) is 24.6. The molecule has 0 radical (unpaired) electrons. The van der Waals surface area contributed by atoms with Gasteiger partial charge in [0.2, 0.25) is 0 Å². The molecule has 114 valence electrons. The van der Waals surface area contributed by atoms with Crippen molar-refractivity contribution >= 4 is 33.6 Å². The molecule has 1 atom stereocenters. The molecule has 5 nitrogen and oxygen atoms in total. The molecule has 1 aromatic carbocycles. The summed E-state index contributed by atoms with van der Waals surface area (Å²) in [6.07, 6.45) is 1.23. The van der Waals surface area contributed by atoms with Gasteiger partial charge in [-0.15, -0.1) is 0 Å². The predicted molar refractivity (Wildman–Crippen MR) is 79.8 cm³/mol. The van der Waals surface area contributed by atoms with Crippen LogP contribution in [0.1, 0.15) is 18.4 Å². The minimum Gasteiger partial charge on any atom is -0.481 e. The molecule has 2 rings (SSSR count). The van der Waals surface area contributed by atoms with E-state index in [1.54, 1.807) is 13.0 Å². The molecular formula is C14H16BrFN2O3. The van der Waals surface area contributed by atoms with Crippen LogP contribution in [0.25, 0.3) is 0 Å². The van der Waals surface area contributed by atoms with Crippen LogP contribution < -0.4 is 5.32 Å². The van der Waals surface area contributed by atoms with Gasteiger partial charge >= 0.3 is 12.0 Å². The van der Waals surface area contributed by atoms with Gasteiger partial charge in [-0.2, -0.15) is 0 Å². The fourth-order valence-electron chi connectivity index (χ4n) is 2.34. The van der Waals surface area contributed by atoms with Crippen LogP contribution in [0.4, 0.5) is 14.9 Å². The SMILES string of the molecule is Cc1cc(Br)c(F)cc1NC(=O)N1CCC[C@H](C(=O)O)C1. The molecule has 2 amide bonds. The van der Waals surface area contributed by atoms with Gasteiger partial charge in [-0.1, -0.05) is 0 Å². The van der Waals surface area contributed by atoms with Crippen LogP contribution >= 0.6 is 15.9 Å². The number of nitrogens with zero attached hydrogens (tertiary/aromatic N) is 1. The highest BCUT2D eigenvalue weighted by Gasteiger charge is 2.28. The summed E-state index contributed by atoms with van der Waals surface area (Å²) < 4.78 is 13.9. The number of likely N-dealkylation sites (tertiary alicyclic amines) is 1. The maximum absolute atomic E-state index is 13.5. The van der Waals surface area contributed by atoms with Gasteiger partial charge in [-0.25, -0.2) is 9.18 Å². The highest BCUT2D eigenvalue weighted by Crippen LogP contribution is 2.25. The molecule has 0 aromatic heterocycles. The minimum absolute atomic E-state index is 0.180. The van der Waals surface area contributed by atoms with Crippen LogP contribution in [-0.2, 0) is 4.79 Å². The number of hydrogen-bond donors (Lipinski definition) is 2. The average Bonchev–Trinajstić information content (AvgIpc) is 2.44. The van der Waals surface area contributed by atoms with E-state index in [9.17, 15) is 14.0 Å². The molecule has 1 heterocycles. The molecule has 0 bridgehead atoms. The Morgan fingerprint density at radius 3 is 2.86 bits per heavy atom. The number of carboxylic acid groups (broad SMARTS) is 1. The van der Waals surface area contributed by atoms with Crippen molar-refractivity contribution in [2.45, 2.75) is 19.8 Å². The van der Waals surface area contributed by atoms with Gasteiger partial charge in [0, 0.05) is 18.8 Å². The number of carboxylic acids is 1. The second-order valence-electron chi connectivity index (χ2n) is 5.13. The number of piperidine rings is 1. The van der Waals surface area contributed by atoms with E-state index >= 15 is 0 Å². The first-order valence-corrected chi connectivity index (χ1v) is 7.42. The number of carbonyl (C=O) groups is 2. The number of anilines is 1. The minimum atomic E-state index is -0.890. The van der Waals surface area contributed by atoms with Gasteiger partial charge < -0.3 is 15.3 Å². The average molecular weight is 359 g/mol. The van der Waals surface area contributed by atoms with E-state index in [1.807, 2.05) is 0 Å². The van der Waals surface area contributed by atoms with Crippen LogP contribution in [0.2, 0.25) is 0 Å². The number of urea groups is 1. The molecule has 1 aliphatic rings. The fourth-order valence-corrected chi connectivity index (χ4v) is 2.80. The van der Waals surface area contributed by atoms with Gasteiger partial charge in [-0.3, -0.25) is 4.79 Å². The molecule has 1 fully saturated rings. The molecule has 0 unspecified atom stereocenters. The Hall–Kier alpha value is -1.63. The van der Waals surface area contributed by atoms with Crippen LogP contribution in [0.15, 0.2) is 16.6 Å². The van der Waals surface area contributed by atoms with E-state index in [4.69, 9.17) is 5.11 Å². The Labute approximate surface area is 130 Å². The molecule has 7 heteroatoms. The van der Waals surface area contributed by atoms with E-state index in [1.165, 1.54) is 11.0 Å². The quantitative estimate of drug-likeness (QED) is 0.852. The van der Waals surface area contributed by atoms with Gasteiger partial charge in [0.15, 0.2) is 0 Å². The van der Waals surface area contributed by atoms with Crippen molar-refractivity contribution in [3.05, 3.63) is 28.0 Å². The van der Waals surface area contributed by atoms with Crippen LogP contribution in [0, 0.1) is 18.7 Å². The summed E-state index contributed by atoms with van der Waals surface area (Å²) in [7, 11) is 0. The highest BCUT2D eigenvalue weighted by molar-refractivity contribution is 9.10. The maximum Gasteiger partial charge on any atom is 0.321 e. The third kappa shape index (κ3) is 3.72. The standard InChI is InChI=1S/C14H16BrFN2O3/c1-8-5-10(15)11(16)6-12(8)17-14(21)18-4-2-3-9(7-18)13(19)20/h5-6,9H,2-4,7H2,1H3,(H,17,21)(H,19,20)/t9-/m0/s1. The number of carbonyl (C=O) groups excluding carboxylic acids is 1. The lowest BCUT2D eigenvalue weighted by Crippen LogP contribution is -2.44. The fraction of sp³-hybridized carbons (Fsp3) is 0.429. The second-order valence-corrected chi connectivity index (χ2v) is 5.99. The summed E-state index contributed by atoms with van der Waals surface area (Å²) in [6, 6.07) is 2.43. The second kappa shape index (κ2) is 6.43. The van der Waals surface area contributed by atoms with Crippen molar-refractivity contribution in [1.82, 2.24) is 4.90 Å². The van der Waals surface area contributed by atoms with E-state index in [-0.39, 0.29) is 6.54 Å². The van der Waals surface area contributed by atoms with Crippen LogP contribution in [0.5, 0.6) is 0 Å². The van der Waals surface area contributed by atoms with Crippen molar-refractivity contribution < 1.29 is 19.1 Å². The third-order valence-corrected chi connectivity index (χ3v) is 4.17. The number of amides is 2. The lowest BCUT2D eigenvalue weighted by molar-refractivity contribution is -0.143. The van der Waals surface area contributed by atoms with Crippen LogP contribution in [-0.4, -0.2) is 35.1 Å². The zero-order valence-electron chi connectivity index (χ0n) is 11.5. The normalized spacial score (nSPS) is 18.4. The molecule has 21 heavy (non-hydrogen) atoms. The molecule has 0 spiro atoms. The largest absolute Gasteiger partial charge is 0.481 e. The number of aliphatic carboxylic acids is 1. The molecule has 0 aliphatic carbocycles. The zero-order valence-corrected chi connectivity index (χ0v) is 13.1. The number of rotatable bonds is 2. The summed E-state index contributed by atoms with van der Waals surface area (Å²) in [5.74, 6) is -1.89. The summed E-state index contributed by atoms with van der Waals surface area (Å²) >= 11 is 3.08. The van der Waals surface area contributed by atoms with Crippen molar-refractivity contribution in [2.75, 3.05) is 18.4 Å². The Bertz CT molecular complexity index is 580. The van der Waals surface area contributed by atoms with Gasteiger partial charge in [0.1, 0.15) is 5.82 Å². The predicted octanol–water partition coefficient (Wildman–Crippen LogP) is 3.23. The molecule has 2 N–H and O–H groups in total. The zero-order chi connectivity index (χ0) is 15.6. The summed E-state index contributed by atoms with van der Waals surface area (Å²) in [5, 5.41) is 11.7. The van der Waals surface area contributed by atoms with Crippen molar-refractivity contribution in [1.29, 1.82) is 0 Å². The third-order valence-electron chi connectivity index (χ3n) is 3.57. The van der Waals surface area contributed by atoms with Crippen LogP contribution in [0.3, 0.4) is 0 Å². The first-order valence-electron chi connectivity index (χ1n) is 6.63. The molecule has 0 saturated carbocycles. The lowest BCUT2D eigenvalue weighted by Gasteiger charge is -2.30. The van der Waals surface area contributed by atoms with E-state index in [0.29, 0.717) is 29.5 Å². The Morgan fingerprint density at radius 1 is 1.48 bits per heavy atom. The monoisotopic (exact) mass is 358 g/mol. The first kappa shape index (κ1) is 15.8. The first-order chi connectivity index (χ1) is 9.88. The van der Waals surface area contributed by atoms with E-state index in [0.717, 1.165) is 5.56 Å². The Kier molecular flexibility index (Phi) is 4.82. The molecule has 1 saturated heterocycles. The number of halogens is 2. The summed E-state index contributed by atoms with van der Waals surface area (Å²) in [6.45, 7) is 2.45. The molecular weight excluding hydrogens is 343 g/mol.